The Labute approximate surface area is 284 Å². The summed E-state index contributed by atoms with van der Waals surface area (Å²) in [5, 5.41) is 0. The molecule has 3 aliphatic carbocycles. The highest BCUT2D eigenvalue weighted by atomic mass is 15.2. The first-order valence-electron chi connectivity index (χ1n) is 16.7. The average Bonchev–Trinajstić information content (AvgIpc) is 3.17. The van der Waals surface area contributed by atoms with Crippen LogP contribution in [0.2, 0.25) is 0 Å². The maximum absolute atomic E-state index is 3.11. The Morgan fingerprint density at radius 1 is 0.500 bits per heavy atom. The molecule has 0 saturated carbocycles. The summed E-state index contributed by atoms with van der Waals surface area (Å²) in [6.45, 7) is 0. The molecule has 0 aliphatic heterocycles. The third-order valence-electron chi connectivity index (χ3n) is 8.60. The topological polar surface area (TPSA) is 6.48 Å². The lowest BCUT2D eigenvalue weighted by Crippen LogP contribution is -2.21. The molecule has 0 spiro atoms. The Morgan fingerprint density at radius 3 is 1.60 bits per heavy atom. The number of benzene rings is 4. The minimum atomic E-state index is 1.01. The Morgan fingerprint density at radius 2 is 1.08 bits per heavy atom. The predicted octanol–water partition coefficient (Wildman–Crippen LogP) is 12.2. The third kappa shape index (κ3) is 7.49. The van der Waals surface area contributed by atoms with Crippen LogP contribution in [0.4, 0.5) is 17.1 Å². The second-order valence-corrected chi connectivity index (χ2v) is 11.9. The first-order chi connectivity index (χ1) is 23.8. The Kier molecular flexibility index (Phi) is 9.59. The maximum atomic E-state index is 3.11. The van der Waals surface area contributed by atoms with Crippen molar-refractivity contribution < 1.29 is 0 Å². The summed E-state index contributed by atoms with van der Waals surface area (Å²) >= 11 is 0. The molecule has 48 heavy (non-hydrogen) atoms. The highest BCUT2D eigenvalue weighted by Gasteiger charge is 2.17. The lowest BCUT2D eigenvalue weighted by molar-refractivity contribution is 0.901. The molecule has 0 bridgehead atoms. The summed E-state index contributed by atoms with van der Waals surface area (Å²) in [4.78, 5) is 4.64. The van der Waals surface area contributed by atoms with Gasteiger partial charge in [0, 0.05) is 34.5 Å². The van der Waals surface area contributed by atoms with Gasteiger partial charge in [-0.25, -0.2) is 0 Å². The summed E-state index contributed by atoms with van der Waals surface area (Å²) in [6, 6.07) is 36.8. The number of rotatable bonds is 10. The van der Waals surface area contributed by atoms with E-state index in [4.69, 9.17) is 0 Å². The van der Waals surface area contributed by atoms with Gasteiger partial charge in [0.1, 0.15) is 0 Å². The van der Waals surface area contributed by atoms with Crippen LogP contribution < -0.4 is 9.80 Å². The van der Waals surface area contributed by atoms with Crippen LogP contribution in [0, 0.1) is 0 Å². The molecular weight excluding hydrogens is 581 g/mol. The Hall–Kier alpha value is -6.04. The zero-order chi connectivity index (χ0) is 32.4. The monoisotopic (exact) mass is 618 g/mol. The van der Waals surface area contributed by atoms with Crippen LogP contribution in [0.15, 0.2) is 186 Å². The van der Waals surface area contributed by atoms with E-state index in [-0.39, 0.29) is 0 Å². The fourth-order valence-electron chi connectivity index (χ4n) is 6.10. The second-order valence-electron chi connectivity index (χ2n) is 11.9. The lowest BCUT2D eigenvalue weighted by Gasteiger charge is -2.29. The van der Waals surface area contributed by atoms with Gasteiger partial charge in [-0.2, -0.15) is 0 Å². The average molecular weight is 619 g/mol. The van der Waals surface area contributed by atoms with Crippen molar-refractivity contribution in [2.75, 3.05) is 9.80 Å². The normalized spacial score (nSPS) is 15.1. The molecule has 4 aromatic carbocycles. The molecule has 0 saturated heterocycles. The van der Waals surface area contributed by atoms with Crippen molar-refractivity contribution in [3.8, 4) is 0 Å². The fraction of sp³-hybridized carbons (Fsp3) is 0.0870. The van der Waals surface area contributed by atoms with Crippen LogP contribution >= 0.6 is 0 Å². The Bertz CT molecular complexity index is 2050. The van der Waals surface area contributed by atoms with E-state index in [9.17, 15) is 0 Å². The molecule has 0 heterocycles. The van der Waals surface area contributed by atoms with Gasteiger partial charge in [0.2, 0.25) is 0 Å². The summed E-state index contributed by atoms with van der Waals surface area (Å²) in [5.74, 6) is 0. The largest absolute Gasteiger partial charge is 0.314 e. The van der Waals surface area contributed by atoms with Crippen molar-refractivity contribution in [1.29, 1.82) is 0 Å². The molecular formula is C46H38N2. The van der Waals surface area contributed by atoms with Crippen LogP contribution in [0.5, 0.6) is 0 Å². The lowest BCUT2D eigenvalue weighted by atomic mass is 10.1. The van der Waals surface area contributed by atoms with Crippen LogP contribution in [-0.2, 0) is 0 Å². The van der Waals surface area contributed by atoms with Crippen LogP contribution in [-0.4, -0.2) is 0 Å². The molecule has 2 nitrogen and oxygen atoms in total. The van der Waals surface area contributed by atoms with Gasteiger partial charge in [0.05, 0.1) is 5.70 Å². The number of para-hydroxylation sites is 1. The van der Waals surface area contributed by atoms with E-state index in [0.717, 1.165) is 42.8 Å². The predicted molar refractivity (Wildman–Crippen MR) is 205 cm³/mol. The molecule has 0 fully saturated rings. The van der Waals surface area contributed by atoms with E-state index in [1.165, 1.54) is 39.3 Å². The number of hydrogen-bond donors (Lipinski definition) is 0. The van der Waals surface area contributed by atoms with Crippen LogP contribution in [0.1, 0.15) is 47.9 Å². The number of hydrogen-bond acceptors (Lipinski definition) is 2. The molecule has 0 radical (unpaired) electrons. The molecule has 0 atom stereocenters. The van der Waals surface area contributed by atoms with Gasteiger partial charge in [-0.15, -0.1) is 0 Å². The number of anilines is 3. The zero-order valence-electron chi connectivity index (χ0n) is 27.0. The number of nitrogens with zero attached hydrogens (tertiary/aromatic N) is 2. The molecule has 0 unspecified atom stereocenters. The smallest absolute Gasteiger partial charge is 0.0548 e. The van der Waals surface area contributed by atoms with Crippen molar-refractivity contribution in [3.05, 3.63) is 209 Å². The standard InChI is InChI=1S/C46H38N2/c1-5-13-41(14-6-1)47(42-15-7-2-8-16-42)45-33-29-39(30-34-45)27-25-37-21-23-38(24-22-37)26-28-40-31-35-46(36-32-40)48(43-17-9-3-10-18-43)44-19-11-4-12-20-44/h1,3,5-7,9,11,13-17,19-36H,2,8,10,18H2. The van der Waals surface area contributed by atoms with Gasteiger partial charge in [-0.1, -0.05) is 127 Å². The highest BCUT2D eigenvalue weighted by Crippen LogP contribution is 2.33. The van der Waals surface area contributed by atoms with Crippen molar-refractivity contribution in [3.63, 3.8) is 0 Å². The number of allylic oxidation sites excluding steroid dienone is 10. The van der Waals surface area contributed by atoms with Crippen molar-refractivity contribution >= 4 is 41.4 Å². The summed E-state index contributed by atoms with van der Waals surface area (Å²) in [6.07, 6.45) is 32.3. The zero-order valence-corrected chi connectivity index (χ0v) is 27.0. The third-order valence-corrected chi connectivity index (χ3v) is 8.60. The van der Waals surface area contributed by atoms with Gasteiger partial charge in [-0.05, 0) is 109 Å². The quantitative estimate of drug-likeness (QED) is 0.129. The summed E-state index contributed by atoms with van der Waals surface area (Å²) in [5.41, 5.74) is 17.9. The van der Waals surface area contributed by atoms with Gasteiger partial charge in [-0.3, -0.25) is 0 Å². The van der Waals surface area contributed by atoms with Crippen LogP contribution in [0.3, 0.4) is 0 Å². The van der Waals surface area contributed by atoms with Crippen molar-refractivity contribution in [2.24, 2.45) is 0 Å². The highest BCUT2D eigenvalue weighted by molar-refractivity contribution is 5.76. The van der Waals surface area contributed by atoms with Crippen LogP contribution in [0.25, 0.3) is 24.3 Å². The minimum absolute atomic E-state index is 1.01. The molecule has 4 aromatic rings. The summed E-state index contributed by atoms with van der Waals surface area (Å²) in [7, 11) is 0. The van der Waals surface area contributed by atoms with E-state index in [0.29, 0.717) is 0 Å². The molecule has 0 N–H and O–H groups in total. The maximum Gasteiger partial charge on any atom is 0.0548 e. The molecule has 7 rings (SSSR count). The minimum Gasteiger partial charge on any atom is -0.314 e. The SMILES string of the molecule is C1=C=CC(N(C2=CC=CCC2)c2ccc(C=Cc3ccc(C=Cc4ccc(N(C5=CCCC=C5)c5ccccc5)cc4)cc3)cc2)=CC=1. The van der Waals surface area contributed by atoms with E-state index in [1.807, 2.05) is 12.2 Å². The van der Waals surface area contributed by atoms with Gasteiger partial charge in [0.25, 0.3) is 0 Å². The van der Waals surface area contributed by atoms with Gasteiger partial charge >= 0.3 is 0 Å². The van der Waals surface area contributed by atoms with E-state index < -0.39 is 0 Å². The van der Waals surface area contributed by atoms with Gasteiger partial charge < -0.3 is 9.80 Å². The second kappa shape index (κ2) is 15.0. The summed E-state index contributed by atoms with van der Waals surface area (Å²) < 4.78 is 0. The first-order valence-corrected chi connectivity index (χ1v) is 16.7. The van der Waals surface area contributed by atoms with E-state index in [1.54, 1.807) is 0 Å². The molecule has 232 valence electrons. The molecule has 3 aliphatic rings. The molecule has 0 amide bonds. The van der Waals surface area contributed by atoms with E-state index >= 15 is 0 Å². The molecule has 2 heteroatoms. The Balaban J connectivity index is 1.00. The molecule has 0 aromatic heterocycles. The van der Waals surface area contributed by atoms with Crippen molar-refractivity contribution in [2.45, 2.75) is 25.7 Å². The fourth-order valence-corrected chi connectivity index (χ4v) is 6.10. The van der Waals surface area contributed by atoms with E-state index in [2.05, 4.69) is 191 Å². The first kappa shape index (κ1) is 30.6. The van der Waals surface area contributed by atoms with Gasteiger partial charge in [0.15, 0.2) is 0 Å². The van der Waals surface area contributed by atoms with Crippen molar-refractivity contribution in [1.82, 2.24) is 0 Å².